The Labute approximate surface area is 134 Å². The lowest BCUT2D eigenvalue weighted by atomic mass is 10.0. The minimum absolute atomic E-state index is 0.0548. The summed E-state index contributed by atoms with van der Waals surface area (Å²) in [4.78, 5) is 14.6. The molecule has 1 aromatic rings. The van der Waals surface area contributed by atoms with Gasteiger partial charge in [0.2, 0.25) is 0 Å². The van der Waals surface area contributed by atoms with E-state index in [1.54, 1.807) is 0 Å². The third kappa shape index (κ3) is 5.56. The van der Waals surface area contributed by atoms with Crippen molar-refractivity contribution in [1.82, 2.24) is 4.98 Å². The van der Waals surface area contributed by atoms with Gasteiger partial charge in [-0.1, -0.05) is 15.9 Å². The fourth-order valence-electron chi connectivity index (χ4n) is 1.74. The predicted molar refractivity (Wildman–Crippen MR) is 68.9 cm³/mol. The monoisotopic (exact) mass is 409 g/mol. The molecule has 1 rings (SSSR count). The maximum absolute atomic E-state index is 13.2. The number of halogens is 7. The highest BCUT2D eigenvalue weighted by molar-refractivity contribution is 9.08. The number of aromatic nitrogens is 1. The van der Waals surface area contributed by atoms with Gasteiger partial charge in [-0.3, -0.25) is 9.78 Å². The summed E-state index contributed by atoms with van der Waals surface area (Å²) >= 11 is 2.70. The molecule has 0 fully saturated rings. The minimum Gasteiger partial charge on any atom is -0.466 e. The number of hydrogen-bond acceptors (Lipinski definition) is 4. The molecule has 1 aromatic heterocycles. The highest BCUT2D eigenvalue weighted by Gasteiger charge is 2.40. The van der Waals surface area contributed by atoms with Crippen LogP contribution in [0.5, 0.6) is 5.75 Å². The molecule has 0 N–H and O–H groups in total. The first kappa shape index (κ1) is 19.5. The van der Waals surface area contributed by atoms with Gasteiger partial charge in [0.05, 0.1) is 30.5 Å². The highest BCUT2D eigenvalue weighted by Crippen LogP contribution is 2.40. The molecular formula is C12H10BrF6NO3. The van der Waals surface area contributed by atoms with Gasteiger partial charge in [0, 0.05) is 10.9 Å². The number of ether oxygens (including phenoxy) is 2. The summed E-state index contributed by atoms with van der Waals surface area (Å²) in [6.07, 6.45) is -10.5. The maximum Gasteiger partial charge on any atom is 0.573 e. The van der Waals surface area contributed by atoms with E-state index < -0.39 is 52.8 Å². The molecule has 0 saturated heterocycles. The van der Waals surface area contributed by atoms with Crippen LogP contribution in [-0.4, -0.2) is 23.9 Å². The Morgan fingerprint density at radius 1 is 1.26 bits per heavy atom. The van der Waals surface area contributed by atoms with Crippen LogP contribution >= 0.6 is 15.9 Å². The number of nitrogens with zero attached hydrogens (tertiary/aromatic N) is 1. The molecule has 1 heterocycles. The van der Waals surface area contributed by atoms with Crippen molar-refractivity contribution in [3.05, 3.63) is 23.0 Å². The van der Waals surface area contributed by atoms with E-state index in [0.717, 1.165) is 0 Å². The van der Waals surface area contributed by atoms with Crippen LogP contribution in [0, 0.1) is 0 Å². The first-order chi connectivity index (χ1) is 10.5. The fraction of sp³-hybridized carbons (Fsp3) is 0.500. The Morgan fingerprint density at radius 3 is 2.30 bits per heavy atom. The van der Waals surface area contributed by atoms with E-state index >= 15 is 0 Å². The predicted octanol–water partition coefficient (Wildman–Crippen LogP) is 4.00. The molecule has 0 bridgehead atoms. The van der Waals surface area contributed by atoms with Crippen molar-refractivity contribution in [2.75, 3.05) is 6.61 Å². The summed E-state index contributed by atoms with van der Waals surface area (Å²) in [5, 5.41) is -0.578. The molecule has 0 aliphatic carbocycles. The van der Waals surface area contributed by atoms with Gasteiger partial charge < -0.3 is 9.47 Å². The van der Waals surface area contributed by atoms with E-state index in [-0.39, 0.29) is 6.61 Å². The van der Waals surface area contributed by atoms with Gasteiger partial charge in [0.25, 0.3) is 0 Å². The second kappa shape index (κ2) is 7.37. The fourth-order valence-corrected chi connectivity index (χ4v) is 2.30. The van der Waals surface area contributed by atoms with Gasteiger partial charge in [-0.2, -0.15) is 13.2 Å². The molecule has 0 aliphatic heterocycles. The second-order valence-electron chi connectivity index (χ2n) is 4.08. The molecule has 0 aliphatic rings. The molecule has 0 unspecified atom stereocenters. The third-order valence-corrected chi connectivity index (χ3v) is 3.05. The van der Waals surface area contributed by atoms with Crippen LogP contribution in [0.15, 0.2) is 6.20 Å². The molecule has 0 aromatic carbocycles. The molecule has 4 nitrogen and oxygen atoms in total. The summed E-state index contributed by atoms with van der Waals surface area (Å²) in [6, 6.07) is 0. The van der Waals surface area contributed by atoms with Crippen LogP contribution in [0.4, 0.5) is 26.3 Å². The van der Waals surface area contributed by atoms with Crippen LogP contribution in [-0.2, 0) is 27.5 Å². The van der Waals surface area contributed by atoms with E-state index in [1.165, 1.54) is 6.92 Å². The molecular weight excluding hydrogens is 400 g/mol. The molecule has 0 amide bonds. The van der Waals surface area contributed by atoms with Gasteiger partial charge in [0.1, 0.15) is 0 Å². The van der Waals surface area contributed by atoms with Gasteiger partial charge in [-0.25, -0.2) is 0 Å². The quantitative estimate of drug-likeness (QED) is 0.419. The Balaban J connectivity index is 3.40. The zero-order valence-electron chi connectivity index (χ0n) is 11.5. The van der Waals surface area contributed by atoms with Crippen molar-refractivity contribution in [1.29, 1.82) is 0 Å². The third-order valence-electron chi connectivity index (χ3n) is 2.49. The van der Waals surface area contributed by atoms with Crippen LogP contribution in [0.2, 0.25) is 0 Å². The second-order valence-corrected chi connectivity index (χ2v) is 4.64. The molecule has 0 saturated carbocycles. The number of carbonyl (C=O) groups is 1. The minimum atomic E-state index is -5.18. The summed E-state index contributed by atoms with van der Waals surface area (Å²) in [5.41, 5.74) is -2.99. The van der Waals surface area contributed by atoms with E-state index in [1.807, 2.05) is 0 Å². The zero-order valence-corrected chi connectivity index (χ0v) is 13.1. The molecule has 0 atom stereocenters. The standard InChI is InChI=1S/C12H10BrF6NO3/c1-2-22-9(21)3-7-10(11(14,15)16)6(4-13)8(5-20-7)23-12(17,18)19/h5H,2-4H2,1H3. The Hall–Kier alpha value is -1.52. The van der Waals surface area contributed by atoms with E-state index in [2.05, 4.69) is 30.4 Å². The van der Waals surface area contributed by atoms with Crippen LogP contribution in [0.3, 0.4) is 0 Å². The Morgan fingerprint density at radius 2 is 1.87 bits per heavy atom. The van der Waals surface area contributed by atoms with Crippen molar-refractivity contribution < 1.29 is 40.6 Å². The Bertz CT molecular complexity index is 573. The normalized spacial score (nSPS) is 12.2. The SMILES string of the molecule is CCOC(=O)Cc1ncc(OC(F)(F)F)c(CBr)c1C(F)(F)F. The van der Waals surface area contributed by atoms with Crippen LogP contribution in [0.1, 0.15) is 23.7 Å². The molecule has 0 spiro atoms. The van der Waals surface area contributed by atoms with E-state index in [0.29, 0.717) is 6.20 Å². The smallest absolute Gasteiger partial charge is 0.466 e. The lowest BCUT2D eigenvalue weighted by molar-refractivity contribution is -0.275. The maximum atomic E-state index is 13.2. The largest absolute Gasteiger partial charge is 0.573 e. The van der Waals surface area contributed by atoms with Gasteiger partial charge in [-0.05, 0) is 6.92 Å². The average molecular weight is 410 g/mol. The van der Waals surface area contributed by atoms with Crippen LogP contribution in [0.25, 0.3) is 0 Å². The lowest BCUT2D eigenvalue weighted by Crippen LogP contribution is -2.22. The highest BCUT2D eigenvalue weighted by atomic mass is 79.9. The van der Waals surface area contributed by atoms with Gasteiger partial charge >= 0.3 is 18.5 Å². The number of rotatable bonds is 5. The first-order valence-corrected chi connectivity index (χ1v) is 7.17. The molecule has 0 radical (unpaired) electrons. The number of alkyl halides is 7. The van der Waals surface area contributed by atoms with Crippen molar-refractivity contribution >= 4 is 21.9 Å². The molecule has 23 heavy (non-hydrogen) atoms. The van der Waals surface area contributed by atoms with Crippen molar-refractivity contribution in [3.8, 4) is 5.75 Å². The number of pyridine rings is 1. The summed E-state index contributed by atoms with van der Waals surface area (Å²) in [6.45, 7) is 1.40. The Kier molecular flexibility index (Phi) is 6.25. The lowest BCUT2D eigenvalue weighted by Gasteiger charge is -2.19. The average Bonchev–Trinajstić information content (AvgIpc) is 2.37. The van der Waals surface area contributed by atoms with Crippen LogP contribution < -0.4 is 4.74 Å². The number of hydrogen-bond donors (Lipinski definition) is 0. The zero-order chi connectivity index (χ0) is 17.8. The molecule has 11 heteroatoms. The van der Waals surface area contributed by atoms with Gasteiger partial charge in [0.15, 0.2) is 5.75 Å². The summed E-state index contributed by atoms with van der Waals surface area (Å²) in [5.74, 6) is -2.06. The number of carbonyl (C=O) groups excluding carboxylic acids is 1. The number of esters is 1. The van der Waals surface area contributed by atoms with Crippen molar-refractivity contribution in [2.24, 2.45) is 0 Å². The summed E-state index contributed by atoms with van der Waals surface area (Å²) < 4.78 is 84.5. The van der Waals surface area contributed by atoms with Crippen molar-refractivity contribution in [2.45, 2.75) is 31.2 Å². The summed E-state index contributed by atoms with van der Waals surface area (Å²) in [7, 11) is 0. The first-order valence-electron chi connectivity index (χ1n) is 6.04. The molecule has 130 valence electrons. The topological polar surface area (TPSA) is 48.4 Å². The van der Waals surface area contributed by atoms with E-state index in [4.69, 9.17) is 0 Å². The van der Waals surface area contributed by atoms with E-state index in [9.17, 15) is 31.1 Å². The van der Waals surface area contributed by atoms with Crippen molar-refractivity contribution in [3.63, 3.8) is 0 Å². The van der Waals surface area contributed by atoms with Gasteiger partial charge in [-0.15, -0.1) is 13.2 Å².